The standard InChI is InChI=1S/C16H32N4/c1-15(2,11-17)19-13-9-7-5-6-8-10-14(13)20-16(3,4)12-18/h5-6,19-20H,7-12,17-18H2,1-4H3/b6-5-,14-13-. The average molecular weight is 280 g/mol. The number of hydrogen-bond donors (Lipinski definition) is 4. The molecule has 1 aliphatic rings. The normalized spacial score (nSPS) is 22.9. The van der Waals surface area contributed by atoms with Gasteiger partial charge in [-0.25, -0.2) is 0 Å². The highest BCUT2D eigenvalue weighted by atomic mass is 15.1. The Hall–Kier alpha value is -1.00. The topological polar surface area (TPSA) is 76.1 Å². The van der Waals surface area contributed by atoms with Crippen LogP contribution >= 0.6 is 0 Å². The number of rotatable bonds is 6. The van der Waals surface area contributed by atoms with Crippen molar-refractivity contribution < 1.29 is 0 Å². The molecule has 0 aromatic heterocycles. The molecule has 0 amide bonds. The molecule has 0 saturated heterocycles. The molecule has 0 radical (unpaired) electrons. The van der Waals surface area contributed by atoms with Crippen LogP contribution in [0.3, 0.4) is 0 Å². The fourth-order valence-electron chi connectivity index (χ4n) is 2.19. The molecule has 0 aromatic carbocycles. The Labute approximate surface area is 124 Å². The van der Waals surface area contributed by atoms with E-state index in [4.69, 9.17) is 11.5 Å². The first-order valence-electron chi connectivity index (χ1n) is 7.63. The lowest BCUT2D eigenvalue weighted by molar-refractivity contribution is 0.400. The number of nitrogens with two attached hydrogens (primary N) is 2. The summed E-state index contributed by atoms with van der Waals surface area (Å²) in [4.78, 5) is 0. The van der Waals surface area contributed by atoms with Crippen molar-refractivity contribution in [2.75, 3.05) is 13.1 Å². The molecule has 0 atom stereocenters. The number of hydrogen-bond acceptors (Lipinski definition) is 4. The maximum atomic E-state index is 5.85. The van der Waals surface area contributed by atoms with Crippen LogP contribution in [0.5, 0.6) is 0 Å². The van der Waals surface area contributed by atoms with Gasteiger partial charge in [0.2, 0.25) is 0 Å². The first-order valence-corrected chi connectivity index (χ1v) is 7.63. The highest BCUT2D eigenvalue weighted by Crippen LogP contribution is 2.20. The summed E-state index contributed by atoms with van der Waals surface area (Å²) in [5.74, 6) is 0. The van der Waals surface area contributed by atoms with Crippen LogP contribution in [0.15, 0.2) is 23.5 Å². The van der Waals surface area contributed by atoms with Crippen molar-refractivity contribution >= 4 is 0 Å². The summed E-state index contributed by atoms with van der Waals surface area (Å²) in [7, 11) is 0. The van der Waals surface area contributed by atoms with Crippen LogP contribution in [0.25, 0.3) is 0 Å². The lowest BCUT2D eigenvalue weighted by atomic mass is 9.98. The molecule has 0 bridgehead atoms. The SMILES string of the molecule is CC(C)(CN)N/C1=C(\NC(C)(C)CN)CC/C=C\CC1. The summed E-state index contributed by atoms with van der Waals surface area (Å²) in [6, 6.07) is 0. The van der Waals surface area contributed by atoms with E-state index in [2.05, 4.69) is 50.5 Å². The molecule has 0 aromatic rings. The first-order chi connectivity index (χ1) is 9.29. The van der Waals surface area contributed by atoms with Gasteiger partial charge in [-0.1, -0.05) is 12.2 Å². The van der Waals surface area contributed by atoms with Gasteiger partial charge in [-0.3, -0.25) is 0 Å². The number of nitrogens with one attached hydrogen (secondary N) is 2. The Kier molecular flexibility index (Phi) is 6.08. The molecule has 1 aliphatic carbocycles. The van der Waals surface area contributed by atoms with Crippen LogP contribution in [0.1, 0.15) is 53.4 Å². The predicted molar refractivity (Wildman–Crippen MR) is 87.2 cm³/mol. The van der Waals surface area contributed by atoms with Crippen molar-refractivity contribution in [1.82, 2.24) is 10.6 Å². The Morgan fingerprint density at radius 1 is 0.850 bits per heavy atom. The molecule has 20 heavy (non-hydrogen) atoms. The molecule has 0 saturated carbocycles. The summed E-state index contributed by atoms with van der Waals surface area (Å²) < 4.78 is 0. The van der Waals surface area contributed by atoms with Crippen molar-refractivity contribution in [1.29, 1.82) is 0 Å². The molecule has 0 heterocycles. The third-order valence-electron chi connectivity index (χ3n) is 3.65. The molecular formula is C16H32N4. The molecular weight excluding hydrogens is 248 g/mol. The van der Waals surface area contributed by atoms with Gasteiger partial charge in [-0.15, -0.1) is 0 Å². The van der Waals surface area contributed by atoms with E-state index in [-0.39, 0.29) is 11.1 Å². The Morgan fingerprint density at radius 2 is 1.20 bits per heavy atom. The third-order valence-corrected chi connectivity index (χ3v) is 3.65. The van der Waals surface area contributed by atoms with Gasteiger partial charge in [0.05, 0.1) is 0 Å². The maximum absolute atomic E-state index is 5.85. The summed E-state index contributed by atoms with van der Waals surface area (Å²) in [5, 5.41) is 7.25. The molecule has 1 rings (SSSR count). The molecule has 0 spiro atoms. The van der Waals surface area contributed by atoms with Crippen molar-refractivity contribution in [2.24, 2.45) is 11.5 Å². The minimum absolute atomic E-state index is 0.0853. The van der Waals surface area contributed by atoms with Gasteiger partial charge in [-0.05, 0) is 53.4 Å². The van der Waals surface area contributed by atoms with E-state index in [1.807, 2.05) is 0 Å². The van der Waals surface area contributed by atoms with E-state index in [0.29, 0.717) is 13.1 Å². The summed E-state index contributed by atoms with van der Waals surface area (Å²) in [6.45, 7) is 9.78. The summed E-state index contributed by atoms with van der Waals surface area (Å²) in [6.07, 6.45) is 8.70. The second-order valence-electron chi connectivity index (χ2n) is 6.93. The smallest absolute Gasteiger partial charge is 0.0437 e. The van der Waals surface area contributed by atoms with Crippen molar-refractivity contribution in [3.05, 3.63) is 23.5 Å². The van der Waals surface area contributed by atoms with Crippen LogP contribution < -0.4 is 22.1 Å². The Morgan fingerprint density at radius 3 is 1.50 bits per heavy atom. The molecule has 0 unspecified atom stereocenters. The van der Waals surface area contributed by atoms with Crippen molar-refractivity contribution in [3.8, 4) is 0 Å². The fraction of sp³-hybridized carbons (Fsp3) is 0.750. The van der Waals surface area contributed by atoms with E-state index in [1.165, 1.54) is 11.4 Å². The maximum Gasteiger partial charge on any atom is 0.0437 e. The summed E-state index contributed by atoms with van der Waals surface area (Å²) >= 11 is 0. The Bertz CT molecular complexity index is 333. The van der Waals surface area contributed by atoms with Crippen LogP contribution in [-0.4, -0.2) is 24.2 Å². The first kappa shape index (κ1) is 17.1. The molecule has 0 aliphatic heterocycles. The Balaban J connectivity index is 2.96. The van der Waals surface area contributed by atoms with E-state index >= 15 is 0 Å². The van der Waals surface area contributed by atoms with Crippen molar-refractivity contribution in [3.63, 3.8) is 0 Å². The molecule has 4 nitrogen and oxygen atoms in total. The predicted octanol–water partition coefficient (Wildman–Crippen LogP) is 1.98. The van der Waals surface area contributed by atoms with E-state index in [9.17, 15) is 0 Å². The van der Waals surface area contributed by atoms with Gasteiger partial charge in [0.15, 0.2) is 0 Å². The highest BCUT2D eigenvalue weighted by Gasteiger charge is 2.22. The van der Waals surface area contributed by atoms with Gasteiger partial charge >= 0.3 is 0 Å². The minimum Gasteiger partial charge on any atom is -0.381 e. The third kappa shape index (κ3) is 5.55. The highest BCUT2D eigenvalue weighted by molar-refractivity contribution is 5.18. The average Bonchev–Trinajstić information content (AvgIpc) is 2.37. The zero-order valence-electron chi connectivity index (χ0n) is 13.6. The number of allylic oxidation sites excluding steroid dienone is 4. The lowest BCUT2D eigenvalue weighted by Crippen LogP contribution is -2.49. The summed E-state index contributed by atoms with van der Waals surface area (Å²) in [5.41, 5.74) is 14.1. The van der Waals surface area contributed by atoms with Crippen molar-refractivity contribution in [2.45, 2.75) is 64.5 Å². The van der Waals surface area contributed by atoms with Gasteiger partial charge in [-0.2, -0.15) is 0 Å². The molecule has 116 valence electrons. The van der Waals surface area contributed by atoms with E-state index in [1.54, 1.807) is 0 Å². The van der Waals surface area contributed by atoms with Crippen LogP contribution in [0.4, 0.5) is 0 Å². The molecule has 6 N–H and O–H groups in total. The van der Waals surface area contributed by atoms with Gasteiger partial charge < -0.3 is 22.1 Å². The lowest BCUT2D eigenvalue weighted by Gasteiger charge is -2.34. The molecule has 0 fully saturated rings. The molecule has 4 heteroatoms. The van der Waals surface area contributed by atoms with Gasteiger partial charge in [0.25, 0.3) is 0 Å². The van der Waals surface area contributed by atoms with Crippen LogP contribution in [0.2, 0.25) is 0 Å². The van der Waals surface area contributed by atoms with Crippen LogP contribution in [-0.2, 0) is 0 Å². The monoisotopic (exact) mass is 280 g/mol. The second-order valence-corrected chi connectivity index (χ2v) is 6.93. The van der Waals surface area contributed by atoms with Gasteiger partial charge in [0, 0.05) is 35.6 Å². The second kappa shape index (κ2) is 7.14. The zero-order valence-corrected chi connectivity index (χ0v) is 13.6. The van der Waals surface area contributed by atoms with Gasteiger partial charge in [0.1, 0.15) is 0 Å². The minimum atomic E-state index is -0.0853. The zero-order chi connectivity index (χ0) is 15.2. The fourth-order valence-corrected chi connectivity index (χ4v) is 2.19. The van der Waals surface area contributed by atoms with E-state index in [0.717, 1.165) is 25.7 Å². The quantitative estimate of drug-likeness (QED) is 0.561. The van der Waals surface area contributed by atoms with E-state index < -0.39 is 0 Å². The van der Waals surface area contributed by atoms with Crippen LogP contribution in [0, 0.1) is 0 Å². The largest absolute Gasteiger partial charge is 0.381 e.